The van der Waals surface area contributed by atoms with Gasteiger partial charge in [0.2, 0.25) is 0 Å². The van der Waals surface area contributed by atoms with Gasteiger partial charge in [0.25, 0.3) is 10.0 Å². The number of aliphatic imine (C=N–C) groups is 1. The second-order valence-corrected chi connectivity index (χ2v) is 7.72. The van der Waals surface area contributed by atoms with E-state index in [4.69, 9.17) is 10.00 Å². The van der Waals surface area contributed by atoms with Crippen molar-refractivity contribution in [2.24, 2.45) is 4.99 Å². The number of nitrogens with one attached hydrogen (secondary N) is 1. The van der Waals surface area contributed by atoms with E-state index in [0.717, 1.165) is 0 Å². The number of ether oxygens (including phenoxy) is 1. The van der Waals surface area contributed by atoms with Crippen molar-refractivity contribution < 1.29 is 17.9 Å². The molecule has 1 N–H and O–H groups in total. The lowest BCUT2D eigenvalue weighted by atomic mass is 10.2. The second-order valence-electron chi connectivity index (χ2n) is 5.08. The predicted octanol–water partition coefficient (Wildman–Crippen LogP) is 1.30. The van der Waals surface area contributed by atoms with Gasteiger partial charge in [0.1, 0.15) is 11.9 Å². The maximum atomic E-state index is 12.2. The highest BCUT2D eigenvalue weighted by Gasteiger charge is 2.32. The number of hydrogen-bond donors (Lipinski definition) is 1. The first-order valence-corrected chi connectivity index (χ1v) is 10.1. The van der Waals surface area contributed by atoms with Crippen molar-refractivity contribution in [1.29, 1.82) is 5.26 Å². The van der Waals surface area contributed by atoms with E-state index in [1.165, 1.54) is 24.8 Å². The molecular weight excluding hydrogens is 350 g/mol. The highest BCUT2D eigenvalue weighted by atomic mass is 32.2. The molecule has 1 aliphatic rings. The highest BCUT2D eigenvalue weighted by Crippen LogP contribution is 2.23. The first-order chi connectivity index (χ1) is 11.4. The number of carbonyl (C=O) groups excluding carboxylic acids is 1. The van der Waals surface area contributed by atoms with Crippen molar-refractivity contribution in [3.63, 3.8) is 0 Å². The number of benzene rings is 1. The van der Waals surface area contributed by atoms with Gasteiger partial charge in [-0.15, -0.1) is 0 Å². The molecule has 0 saturated heterocycles. The van der Waals surface area contributed by atoms with Crippen LogP contribution >= 0.6 is 11.8 Å². The predicted molar refractivity (Wildman–Crippen MR) is 91.3 cm³/mol. The molecular formula is C15H17N3O4S2. The van der Waals surface area contributed by atoms with E-state index in [9.17, 15) is 13.2 Å². The van der Waals surface area contributed by atoms with Gasteiger partial charge in [-0.25, -0.2) is 13.2 Å². The van der Waals surface area contributed by atoms with Crippen LogP contribution in [0, 0.1) is 11.3 Å². The van der Waals surface area contributed by atoms with Gasteiger partial charge < -0.3 is 4.74 Å². The maximum absolute atomic E-state index is 12.2. The Hall–Kier alpha value is -2.05. The van der Waals surface area contributed by atoms with Gasteiger partial charge >= 0.3 is 5.97 Å². The average molecular weight is 367 g/mol. The standard InChI is InChI=1S/C15H17N3O4S2/c1-10(9-16)22-15(19)12(7-8-23-2)17-14-11-5-3-4-6-13(11)24(20,21)18-14/h3-6,10,12H,7-8H2,1-2H3,(H,17,18)/t10-,12+/m0/s1. The molecule has 1 aliphatic heterocycles. The zero-order valence-corrected chi connectivity index (χ0v) is 14.9. The number of amidine groups is 1. The van der Waals surface area contributed by atoms with Gasteiger partial charge in [-0.05, 0) is 37.5 Å². The molecule has 0 spiro atoms. The number of esters is 1. The van der Waals surface area contributed by atoms with E-state index >= 15 is 0 Å². The number of carbonyl (C=O) groups is 1. The molecule has 0 fully saturated rings. The fourth-order valence-corrected chi connectivity index (χ4v) is 3.83. The summed E-state index contributed by atoms with van der Waals surface area (Å²) in [6.45, 7) is 1.46. The zero-order valence-electron chi connectivity index (χ0n) is 13.2. The molecule has 0 unspecified atom stereocenters. The number of nitrogens with zero attached hydrogens (tertiary/aromatic N) is 2. The minimum absolute atomic E-state index is 0.123. The van der Waals surface area contributed by atoms with Gasteiger partial charge in [0.15, 0.2) is 12.1 Å². The monoisotopic (exact) mass is 367 g/mol. The number of fused-ring (bicyclic) bond motifs is 1. The first kappa shape index (κ1) is 18.3. The Bertz CT molecular complexity index is 799. The third-order valence-corrected chi connectivity index (χ3v) is 5.33. The molecule has 1 aromatic rings. The lowest BCUT2D eigenvalue weighted by Crippen LogP contribution is -2.30. The molecule has 0 saturated carbocycles. The van der Waals surface area contributed by atoms with Gasteiger partial charge in [-0.1, -0.05) is 12.1 Å². The maximum Gasteiger partial charge on any atom is 0.332 e. The highest BCUT2D eigenvalue weighted by molar-refractivity contribution is 7.98. The molecule has 2 rings (SSSR count). The molecule has 0 aliphatic carbocycles. The molecule has 2 atom stereocenters. The molecule has 7 nitrogen and oxygen atoms in total. The van der Waals surface area contributed by atoms with Crippen LogP contribution in [-0.2, 0) is 19.6 Å². The summed E-state index contributed by atoms with van der Waals surface area (Å²) >= 11 is 1.53. The van der Waals surface area contributed by atoms with Crippen LogP contribution in [0.1, 0.15) is 18.9 Å². The van der Waals surface area contributed by atoms with Gasteiger partial charge in [-0.3, -0.25) is 9.71 Å². The summed E-state index contributed by atoms with van der Waals surface area (Å²) in [6, 6.07) is 7.37. The van der Waals surface area contributed by atoms with Crippen LogP contribution in [0.5, 0.6) is 0 Å². The summed E-state index contributed by atoms with van der Waals surface area (Å²) in [5, 5.41) is 8.77. The summed E-state index contributed by atoms with van der Waals surface area (Å²) in [7, 11) is -3.66. The van der Waals surface area contributed by atoms with Gasteiger partial charge in [0, 0.05) is 5.56 Å². The van der Waals surface area contributed by atoms with Gasteiger partial charge in [-0.2, -0.15) is 17.0 Å². The summed E-state index contributed by atoms with van der Waals surface area (Å²) in [5.74, 6) is 0.124. The molecule has 24 heavy (non-hydrogen) atoms. The normalized spacial score (nSPS) is 19.0. The minimum Gasteiger partial charge on any atom is -0.446 e. The number of sulfonamides is 1. The Morgan fingerprint density at radius 3 is 2.83 bits per heavy atom. The SMILES string of the molecule is CSCC[C@@H](N=C1NS(=O)(=O)c2ccccc21)C(=O)O[C@@H](C)C#N. The van der Waals surface area contributed by atoms with Crippen molar-refractivity contribution in [2.75, 3.05) is 12.0 Å². The largest absolute Gasteiger partial charge is 0.446 e. The lowest BCUT2D eigenvalue weighted by Gasteiger charge is -2.14. The zero-order chi connectivity index (χ0) is 17.7. The van der Waals surface area contributed by atoms with Crippen molar-refractivity contribution in [2.45, 2.75) is 30.4 Å². The van der Waals surface area contributed by atoms with Crippen LogP contribution in [0.2, 0.25) is 0 Å². The van der Waals surface area contributed by atoms with Gasteiger partial charge in [0.05, 0.1) is 4.90 Å². The molecule has 0 aromatic heterocycles. The number of rotatable bonds is 6. The molecule has 128 valence electrons. The van der Waals surface area contributed by atoms with Crippen molar-refractivity contribution in [3.05, 3.63) is 29.8 Å². The Morgan fingerprint density at radius 1 is 1.46 bits per heavy atom. The minimum atomic E-state index is -3.66. The Morgan fingerprint density at radius 2 is 2.17 bits per heavy atom. The van der Waals surface area contributed by atoms with Crippen LogP contribution in [0.4, 0.5) is 0 Å². The molecule has 0 amide bonds. The van der Waals surface area contributed by atoms with Crippen molar-refractivity contribution in [3.8, 4) is 6.07 Å². The van der Waals surface area contributed by atoms with Crippen LogP contribution in [0.3, 0.4) is 0 Å². The van der Waals surface area contributed by atoms with Crippen LogP contribution in [0.25, 0.3) is 0 Å². The van der Waals surface area contributed by atoms with E-state index in [1.54, 1.807) is 18.2 Å². The molecule has 0 radical (unpaired) electrons. The Kier molecular flexibility index (Phi) is 5.85. The fraction of sp³-hybridized carbons (Fsp3) is 0.400. The van der Waals surface area contributed by atoms with E-state index in [1.807, 2.05) is 12.3 Å². The fourth-order valence-electron chi connectivity index (χ4n) is 2.13. The topological polar surface area (TPSA) is 109 Å². The van der Waals surface area contributed by atoms with E-state index in [2.05, 4.69) is 9.71 Å². The van der Waals surface area contributed by atoms with E-state index in [-0.39, 0.29) is 10.7 Å². The third-order valence-electron chi connectivity index (χ3n) is 3.29. The summed E-state index contributed by atoms with van der Waals surface area (Å²) in [4.78, 5) is 16.6. The van der Waals surface area contributed by atoms with Crippen molar-refractivity contribution in [1.82, 2.24) is 4.72 Å². The van der Waals surface area contributed by atoms with E-state index in [0.29, 0.717) is 17.7 Å². The molecule has 1 heterocycles. The molecule has 9 heteroatoms. The second kappa shape index (κ2) is 7.68. The summed E-state index contributed by atoms with van der Waals surface area (Å²) < 4.78 is 31.6. The first-order valence-electron chi connectivity index (χ1n) is 7.18. The van der Waals surface area contributed by atoms with Crippen LogP contribution in [-0.4, -0.2) is 44.4 Å². The van der Waals surface area contributed by atoms with Crippen LogP contribution in [0.15, 0.2) is 34.2 Å². The summed E-state index contributed by atoms with van der Waals surface area (Å²) in [5.41, 5.74) is 0.424. The van der Waals surface area contributed by atoms with Crippen LogP contribution < -0.4 is 4.72 Å². The number of hydrogen-bond acceptors (Lipinski definition) is 7. The molecule has 1 aromatic carbocycles. The summed E-state index contributed by atoms with van der Waals surface area (Å²) in [6.07, 6.45) is 1.38. The number of nitriles is 1. The number of thioether (sulfide) groups is 1. The Labute approximate surface area is 145 Å². The van der Waals surface area contributed by atoms with Crippen molar-refractivity contribution >= 4 is 33.6 Å². The lowest BCUT2D eigenvalue weighted by molar-refractivity contribution is -0.147. The third kappa shape index (κ3) is 4.07. The quantitative estimate of drug-likeness (QED) is 0.759. The average Bonchev–Trinajstić information content (AvgIpc) is 2.82. The van der Waals surface area contributed by atoms with E-state index < -0.39 is 28.1 Å². The Balaban J connectivity index is 2.34. The molecule has 0 bridgehead atoms. The smallest absolute Gasteiger partial charge is 0.332 e.